The Balaban J connectivity index is 2.36. The molecule has 0 heterocycles. The highest BCUT2D eigenvalue weighted by Crippen LogP contribution is 2.38. The molecule has 0 spiro atoms. The smallest absolute Gasteiger partial charge is 0.223 e. The molecule has 2 atom stereocenters. The first kappa shape index (κ1) is 9.56. The summed E-state index contributed by atoms with van der Waals surface area (Å²) in [5.41, 5.74) is -0.0284. The van der Waals surface area contributed by atoms with E-state index in [0.717, 1.165) is 12.8 Å². The molecule has 1 fully saturated rings. The van der Waals surface area contributed by atoms with E-state index in [4.69, 9.17) is 0 Å². The van der Waals surface area contributed by atoms with Crippen LogP contribution in [0, 0.1) is 11.8 Å². The Kier molecular flexibility index (Phi) is 2.45. The Morgan fingerprint density at radius 3 is 2.42 bits per heavy atom. The molecule has 0 aromatic rings. The minimum atomic E-state index is -0.0284. The van der Waals surface area contributed by atoms with Gasteiger partial charge in [0.05, 0.1) is 0 Å². The van der Waals surface area contributed by atoms with Gasteiger partial charge in [-0.25, -0.2) is 0 Å². The van der Waals surface area contributed by atoms with Crippen LogP contribution in [-0.4, -0.2) is 11.4 Å². The van der Waals surface area contributed by atoms with Crippen molar-refractivity contribution in [2.75, 3.05) is 0 Å². The Hall–Kier alpha value is -0.530. The van der Waals surface area contributed by atoms with Gasteiger partial charge in [-0.2, -0.15) is 0 Å². The maximum Gasteiger partial charge on any atom is 0.223 e. The van der Waals surface area contributed by atoms with Gasteiger partial charge < -0.3 is 5.32 Å². The van der Waals surface area contributed by atoms with Crippen LogP contribution in [-0.2, 0) is 4.79 Å². The fraction of sp³-hybridized carbons (Fsp3) is 0.900. The van der Waals surface area contributed by atoms with Gasteiger partial charge in [0.15, 0.2) is 0 Å². The van der Waals surface area contributed by atoms with Crippen molar-refractivity contribution in [2.24, 2.45) is 11.8 Å². The fourth-order valence-electron chi connectivity index (χ4n) is 1.20. The van der Waals surface area contributed by atoms with Crippen molar-refractivity contribution in [1.29, 1.82) is 0 Å². The summed E-state index contributed by atoms with van der Waals surface area (Å²) in [6, 6.07) is 0. The number of rotatable bonds is 3. The van der Waals surface area contributed by atoms with E-state index >= 15 is 0 Å². The normalized spacial score (nSPS) is 28.3. The lowest BCUT2D eigenvalue weighted by Gasteiger charge is -2.24. The molecule has 1 rings (SSSR count). The van der Waals surface area contributed by atoms with E-state index in [2.05, 4.69) is 33.0 Å². The monoisotopic (exact) mass is 169 g/mol. The zero-order valence-corrected chi connectivity index (χ0v) is 8.48. The fourth-order valence-corrected chi connectivity index (χ4v) is 1.20. The molecule has 1 saturated carbocycles. The highest BCUT2D eigenvalue weighted by Gasteiger charge is 2.40. The lowest BCUT2D eigenvalue weighted by molar-refractivity contribution is -0.124. The molecule has 0 aliphatic heterocycles. The van der Waals surface area contributed by atoms with Crippen LogP contribution in [0.1, 0.15) is 40.5 Å². The van der Waals surface area contributed by atoms with Crippen molar-refractivity contribution < 1.29 is 4.79 Å². The molecule has 0 aromatic carbocycles. The van der Waals surface area contributed by atoms with Crippen LogP contribution in [0.4, 0.5) is 0 Å². The van der Waals surface area contributed by atoms with Crippen LogP contribution < -0.4 is 5.32 Å². The number of carbonyl (C=O) groups is 1. The molecule has 2 nitrogen and oxygen atoms in total. The molecule has 2 unspecified atom stereocenters. The third-order valence-electron chi connectivity index (χ3n) is 2.79. The molecule has 0 aromatic heterocycles. The summed E-state index contributed by atoms with van der Waals surface area (Å²) in [5.74, 6) is 1.16. The van der Waals surface area contributed by atoms with E-state index in [1.165, 1.54) is 0 Å². The summed E-state index contributed by atoms with van der Waals surface area (Å²) in [6.07, 6.45) is 2.06. The number of amides is 1. The van der Waals surface area contributed by atoms with E-state index in [-0.39, 0.29) is 11.4 Å². The van der Waals surface area contributed by atoms with Gasteiger partial charge in [-0.15, -0.1) is 0 Å². The molecule has 70 valence electrons. The standard InChI is InChI=1S/C10H19NO/c1-5-10(3,4)11-9(12)8-6-7(8)2/h7-8H,5-6H2,1-4H3,(H,11,12). The zero-order valence-electron chi connectivity index (χ0n) is 8.48. The molecular formula is C10H19NO. The van der Waals surface area contributed by atoms with Crippen molar-refractivity contribution in [2.45, 2.75) is 46.1 Å². The van der Waals surface area contributed by atoms with Crippen LogP contribution in [0.15, 0.2) is 0 Å². The number of hydrogen-bond acceptors (Lipinski definition) is 1. The lowest BCUT2D eigenvalue weighted by Crippen LogP contribution is -2.43. The zero-order chi connectivity index (χ0) is 9.35. The van der Waals surface area contributed by atoms with Crippen molar-refractivity contribution in [3.8, 4) is 0 Å². The number of nitrogens with one attached hydrogen (secondary N) is 1. The topological polar surface area (TPSA) is 29.1 Å². The third-order valence-corrected chi connectivity index (χ3v) is 2.79. The SMILES string of the molecule is CCC(C)(C)NC(=O)C1CC1C. The van der Waals surface area contributed by atoms with Crippen LogP contribution in [0.5, 0.6) is 0 Å². The molecule has 12 heavy (non-hydrogen) atoms. The Labute approximate surface area is 74.7 Å². The number of carbonyl (C=O) groups excluding carboxylic acids is 1. The van der Waals surface area contributed by atoms with E-state index in [1.807, 2.05) is 0 Å². The van der Waals surface area contributed by atoms with Gasteiger partial charge in [0, 0.05) is 11.5 Å². The van der Waals surface area contributed by atoms with Crippen molar-refractivity contribution in [3.05, 3.63) is 0 Å². The van der Waals surface area contributed by atoms with E-state index in [9.17, 15) is 4.79 Å². The van der Waals surface area contributed by atoms with Crippen molar-refractivity contribution in [1.82, 2.24) is 5.32 Å². The Morgan fingerprint density at radius 2 is 2.08 bits per heavy atom. The van der Waals surface area contributed by atoms with E-state index in [1.54, 1.807) is 0 Å². The molecule has 1 N–H and O–H groups in total. The van der Waals surface area contributed by atoms with Gasteiger partial charge >= 0.3 is 0 Å². The average molecular weight is 169 g/mol. The number of hydrogen-bond donors (Lipinski definition) is 1. The molecule has 2 heteroatoms. The third kappa shape index (κ3) is 2.23. The maximum absolute atomic E-state index is 11.5. The van der Waals surface area contributed by atoms with Gasteiger partial charge in [-0.1, -0.05) is 13.8 Å². The Morgan fingerprint density at radius 1 is 1.58 bits per heavy atom. The van der Waals surface area contributed by atoms with E-state index in [0.29, 0.717) is 11.8 Å². The van der Waals surface area contributed by atoms with Gasteiger partial charge in [-0.3, -0.25) is 4.79 Å². The van der Waals surface area contributed by atoms with Crippen molar-refractivity contribution >= 4 is 5.91 Å². The summed E-state index contributed by atoms with van der Waals surface area (Å²) in [4.78, 5) is 11.5. The maximum atomic E-state index is 11.5. The van der Waals surface area contributed by atoms with Gasteiger partial charge in [0.1, 0.15) is 0 Å². The molecular weight excluding hydrogens is 150 g/mol. The lowest BCUT2D eigenvalue weighted by atomic mass is 10.0. The predicted molar refractivity (Wildman–Crippen MR) is 49.8 cm³/mol. The van der Waals surface area contributed by atoms with Crippen LogP contribution in [0.25, 0.3) is 0 Å². The van der Waals surface area contributed by atoms with Gasteiger partial charge in [0.25, 0.3) is 0 Å². The second kappa shape index (κ2) is 3.08. The molecule has 1 aliphatic rings. The first-order valence-electron chi connectivity index (χ1n) is 4.78. The van der Waals surface area contributed by atoms with Crippen LogP contribution >= 0.6 is 0 Å². The summed E-state index contributed by atoms with van der Waals surface area (Å²) >= 11 is 0. The van der Waals surface area contributed by atoms with Crippen LogP contribution in [0.2, 0.25) is 0 Å². The highest BCUT2D eigenvalue weighted by molar-refractivity contribution is 5.82. The minimum Gasteiger partial charge on any atom is -0.351 e. The molecule has 0 radical (unpaired) electrons. The van der Waals surface area contributed by atoms with Crippen molar-refractivity contribution in [3.63, 3.8) is 0 Å². The minimum absolute atomic E-state index is 0.0284. The summed E-state index contributed by atoms with van der Waals surface area (Å²) in [7, 11) is 0. The summed E-state index contributed by atoms with van der Waals surface area (Å²) < 4.78 is 0. The van der Waals surface area contributed by atoms with Gasteiger partial charge in [-0.05, 0) is 32.6 Å². The predicted octanol–water partition coefficient (Wildman–Crippen LogP) is 1.95. The summed E-state index contributed by atoms with van der Waals surface area (Å²) in [6.45, 7) is 8.36. The largest absolute Gasteiger partial charge is 0.351 e. The van der Waals surface area contributed by atoms with Crippen LogP contribution in [0.3, 0.4) is 0 Å². The first-order chi connectivity index (χ1) is 5.46. The second-order valence-corrected chi connectivity index (χ2v) is 4.55. The van der Waals surface area contributed by atoms with E-state index < -0.39 is 0 Å². The van der Waals surface area contributed by atoms with Gasteiger partial charge in [0.2, 0.25) is 5.91 Å². The molecule has 1 aliphatic carbocycles. The second-order valence-electron chi connectivity index (χ2n) is 4.55. The first-order valence-corrected chi connectivity index (χ1v) is 4.78. The summed E-state index contributed by atoms with van der Waals surface area (Å²) in [5, 5.41) is 3.06. The highest BCUT2D eigenvalue weighted by atomic mass is 16.2. The Bertz CT molecular complexity index is 186. The quantitative estimate of drug-likeness (QED) is 0.687. The average Bonchev–Trinajstić information content (AvgIpc) is 2.66. The molecule has 0 bridgehead atoms. The molecule has 1 amide bonds. The molecule has 0 saturated heterocycles.